The molecule has 0 amide bonds. The van der Waals surface area contributed by atoms with E-state index in [1.54, 1.807) is 12.1 Å². The Kier molecular flexibility index (Phi) is 4.27. The van der Waals surface area contributed by atoms with Crippen LogP contribution in [0.3, 0.4) is 0 Å². The molecule has 0 heterocycles. The largest absolute Gasteiger partial charge is 0.481 e. The molecule has 1 atom stereocenters. The SMILES string of the molecule is CC(C)(C)CC(CC(=O)O)c1ccc(F)cc1. The van der Waals surface area contributed by atoms with E-state index in [0.717, 1.165) is 12.0 Å². The molecule has 0 saturated heterocycles. The van der Waals surface area contributed by atoms with Crippen molar-refractivity contribution in [2.45, 2.75) is 39.5 Å². The van der Waals surface area contributed by atoms with Gasteiger partial charge < -0.3 is 5.11 Å². The lowest BCUT2D eigenvalue weighted by Crippen LogP contribution is -2.15. The first-order valence-electron chi connectivity index (χ1n) is 5.75. The minimum atomic E-state index is -0.816. The monoisotopic (exact) mass is 238 g/mol. The van der Waals surface area contributed by atoms with Gasteiger partial charge in [-0.05, 0) is 35.4 Å². The fraction of sp³-hybridized carbons (Fsp3) is 0.500. The summed E-state index contributed by atoms with van der Waals surface area (Å²) in [6.07, 6.45) is 0.855. The molecule has 0 aliphatic rings. The van der Waals surface area contributed by atoms with Crippen molar-refractivity contribution in [3.63, 3.8) is 0 Å². The quantitative estimate of drug-likeness (QED) is 0.865. The number of carboxylic acid groups (broad SMARTS) is 1. The molecule has 1 aromatic rings. The van der Waals surface area contributed by atoms with Crippen LogP contribution in [0.5, 0.6) is 0 Å². The van der Waals surface area contributed by atoms with Gasteiger partial charge in [0.1, 0.15) is 5.82 Å². The normalized spacial score (nSPS) is 13.4. The van der Waals surface area contributed by atoms with Crippen LogP contribution in [0.25, 0.3) is 0 Å². The van der Waals surface area contributed by atoms with Crippen LogP contribution >= 0.6 is 0 Å². The van der Waals surface area contributed by atoms with Gasteiger partial charge in [-0.25, -0.2) is 4.39 Å². The summed E-state index contributed by atoms with van der Waals surface area (Å²) in [5.41, 5.74) is 0.942. The summed E-state index contributed by atoms with van der Waals surface area (Å²) in [5, 5.41) is 8.92. The van der Waals surface area contributed by atoms with Crippen molar-refractivity contribution in [2.75, 3.05) is 0 Å². The van der Waals surface area contributed by atoms with E-state index in [1.807, 2.05) is 0 Å². The molecule has 0 bridgehead atoms. The van der Waals surface area contributed by atoms with Gasteiger partial charge in [-0.1, -0.05) is 32.9 Å². The van der Waals surface area contributed by atoms with Crippen molar-refractivity contribution in [2.24, 2.45) is 5.41 Å². The molecule has 2 nitrogen and oxygen atoms in total. The molecular weight excluding hydrogens is 219 g/mol. The molecule has 0 fully saturated rings. The highest BCUT2D eigenvalue weighted by Gasteiger charge is 2.22. The molecule has 0 aliphatic heterocycles. The molecule has 0 aromatic heterocycles. The Morgan fingerprint density at radius 2 is 1.82 bits per heavy atom. The summed E-state index contributed by atoms with van der Waals surface area (Å²) in [5.74, 6) is -1.17. The minimum absolute atomic E-state index is 0.0501. The number of hydrogen-bond donors (Lipinski definition) is 1. The van der Waals surface area contributed by atoms with Crippen LogP contribution in [0.1, 0.15) is 45.1 Å². The highest BCUT2D eigenvalue weighted by molar-refractivity contribution is 5.68. The van der Waals surface area contributed by atoms with Gasteiger partial charge >= 0.3 is 5.97 Å². The molecule has 1 N–H and O–H groups in total. The first kappa shape index (κ1) is 13.7. The third-order valence-corrected chi connectivity index (χ3v) is 2.62. The molecule has 0 aliphatic carbocycles. The Morgan fingerprint density at radius 3 is 2.24 bits per heavy atom. The first-order valence-corrected chi connectivity index (χ1v) is 5.75. The smallest absolute Gasteiger partial charge is 0.303 e. The molecule has 0 saturated carbocycles. The highest BCUT2D eigenvalue weighted by Crippen LogP contribution is 2.33. The molecule has 1 rings (SSSR count). The molecule has 0 radical (unpaired) electrons. The van der Waals surface area contributed by atoms with E-state index in [4.69, 9.17) is 5.11 Å². The maximum absolute atomic E-state index is 12.8. The number of halogens is 1. The van der Waals surface area contributed by atoms with Crippen molar-refractivity contribution in [1.82, 2.24) is 0 Å². The summed E-state index contributed by atoms with van der Waals surface area (Å²) < 4.78 is 12.8. The van der Waals surface area contributed by atoms with Gasteiger partial charge in [0.15, 0.2) is 0 Å². The molecule has 94 valence electrons. The Bertz CT molecular complexity index is 376. The Morgan fingerprint density at radius 1 is 1.29 bits per heavy atom. The third-order valence-electron chi connectivity index (χ3n) is 2.62. The first-order chi connectivity index (χ1) is 7.78. The van der Waals surface area contributed by atoms with Crippen molar-refractivity contribution in [3.8, 4) is 0 Å². The topological polar surface area (TPSA) is 37.3 Å². The summed E-state index contributed by atoms with van der Waals surface area (Å²) >= 11 is 0. The zero-order chi connectivity index (χ0) is 13.1. The van der Waals surface area contributed by atoms with E-state index in [9.17, 15) is 9.18 Å². The summed E-state index contributed by atoms with van der Waals surface area (Å²) in [4.78, 5) is 10.9. The van der Waals surface area contributed by atoms with Gasteiger partial charge in [-0.15, -0.1) is 0 Å². The van der Waals surface area contributed by atoms with Crippen molar-refractivity contribution < 1.29 is 14.3 Å². The zero-order valence-corrected chi connectivity index (χ0v) is 10.5. The van der Waals surface area contributed by atoms with Crippen LogP contribution in [0.15, 0.2) is 24.3 Å². The van der Waals surface area contributed by atoms with Gasteiger partial charge in [0.2, 0.25) is 0 Å². The van der Waals surface area contributed by atoms with Gasteiger partial charge in [-0.3, -0.25) is 4.79 Å². The van der Waals surface area contributed by atoms with Crippen LogP contribution < -0.4 is 0 Å². The van der Waals surface area contributed by atoms with Crippen molar-refractivity contribution in [1.29, 1.82) is 0 Å². The number of aliphatic carboxylic acids is 1. The van der Waals surface area contributed by atoms with Gasteiger partial charge in [-0.2, -0.15) is 0 Å². The molecule has 17 heavy (non-hydrogen) atoms. The predicted octanol–water partition coefficient (Wildman–Crippen LogP) is 3.82. The maximum atomic E-state index is 12.8. The van der Waals surface area contributed by atoms with Crippen molar-refractivity contribution in [3.05, 3.63) is 35.6 Å². The molecule has 1 unspecified atom stereocenters. The summed E-state index contributed by atoms with van der Waals surface area (Å²) in [6.45, 7) is 6.22. The lowest BCUT2D eigenvalue weighted by molar-refractivity contribution is -0.137. The van der Waals surface area contributed by atoms with Gasteiger partial charge in [0, 0.05) is 0 Å². The number of carbonyl (C=O) groups is 1. The number of carboxylic acids is 1. The lowest BCUT2D eigenvalue weighted by Gasteiger charge is -2.25. The standard InChI is InChI=1S/C14H19FO2/c1-14(2,3)9-11(8-13(16)17)10-4-6-12(15)7-5-10/h4-7,11H,8-9H2,1-3H3,(H,16,17). The van der Waals surface area contributed by atoms with E-state index in [2.05, 4.69) is 20.8 Å². The summed E-state index contributed by atoms with van der Waals surface area (Å²) in [7, 11) is 0. The lowest BCUT2D eigenvalue weighted by atomic mass is 9.80. The Hall–Kier alpha value is -1.38. The van der Waals surface area contributed by atoms with Crippen molar-refractivity contribution >= 4 is 5.97 Å². The molecule has 3 heteroatoms. The van der Waals surface area contributed by atoms with E-state index in [1.165, 1.54) is 12.1 Å². The molecule has 0 spiro atoms. The number of hydrogen-bond acceptors (Lipinski definition) is 1. The average molecular weight is 238 g/mol. The maximum Gasteiger partial charge on any atom is 0.303 e. The van der Waals surface area contributed by atoms with E-state index in [-0.39, 0.29) is 23.6 Å². The zero-order valence-electron chi connectivity index (χ0n) is 10.5. The Balaban J connectivity index is 2.89. The van der Waals surface area contributed by atoms with Crippen LogP contribution in [-0.2, 0) is 4.79 Å². The van der Waals surface area contributed by atoms with E-state index < -0.39 is 5.97 Å². The van der Waals surface area contributed by atoms with Crippen LogP contribution in [0.4, 0.5) is 4.39 Å². The van der Waals surface area contributed by atoms with E-state index in [0.29, 0.717) is 0 Å². The molecular formula is C14H19FO2. The highest BCUT2D eigenvalue weighted by atomic mass is 19.1. The Labute approximate surface area is 101 Å². The van der Waals surface area contributed by atoms with Crippen LogP contribution in [0, 0.1) is 11.2 Å². The number of benzene rings is 1. The van der Waals surface area contributed by atoms with Gasteiger partial charge in [0.25, 0.3) is 0 Å². The van der Waals surface area contributed by atoms with Gasteiger partial charge in [0.05, 0.1) is 6.42 Å². The van der Waals surface area contributed by atoms with Crippen LogP contribution in [0.2, 0.25) is 0 Å². The van der Waals surface area contributed by atoms with Crippen LogP contribution in [-0.4, -0.2) is 11.1 Å². The molecule has 1 aromatic carbocycles. The minimum Gasteiger partial charge on any atom is -0.481 e. The second kappa shape index (κ2) is 5.30. The second-order valence-corrected chi connectivity index (χ2v) is 5.61. The number of rotatable bonds is 4. The summed E-state index contributed by atoms with van der Waals surface area (Å²) in [6, 6.07) is 6.11. The third kappa shape index (κ3) is 4.98. The average Bonchev–Trinajstić information content (AvgIpc) is 2.14. The fourth-order valence-electron chi connectivity index (χ4n) is 1.99. The fourth-order valence-corrected chi connectivity index (χ4v) is 1.99. The second-order valence-electron chi connectivity index (χ2n) is 5.61. The van der Waals surface area contributed by atoms with E-state index >= 15 is 0 Å². The predicted molar refractivity (Wildman–Crippen MR) is 65.5 cm³/mol.